The number of aryl methyl sites for hydroxylation is 1. The van der Waals surface area contributed by atoms with Crippen LogP contribution in [-0.4, -0.2) is 12.6 Å². The van der Waals surface area contributed by atoms with E-state index in [9.17, 15) is 4.79 Å². The Hall–Kier alpha value is -3.07. The molecule has 0 saturated carbocycles. The van der Waals surface area contributed by atoms with Gasteiger partial charge in [0.1, 0.15) is 0 Å². The van der Waals surface area contributed by atoms with Crippen LogP contribution in [0.15, 0.2) is 78.9 Å². The third-order valence-electron chi connectivity index (χ3n) is 4.98. The lowest BCUT2D eigenvalue weighted by Crippen LogP contribution is -2.30. The van der Waals surface area contributed by atoms with Crippen molar-refractivity contribution in [3.8, 4) is 0 Å². The summed E-state index contributed by atoms with van der Waals surface area (Å²) < 4.78 is 0. The van der Waals surface area contributed by atoms with Gasteiger partial charge in [-0.05, 0) is 48.6 Å². The van der Waals surface area contributed by atoms with Crippen molar-refractivity contribution >= 4 is 11.7 Å². The van der Waals surface area contributed by atoms with Gasteiger partial charge in [-0.25, -0.2) is 4.79 Å². The Morgan fingerprint density at radius 2 is 1.41 bits per heavy atom. The van der Waals surface area contributed by atoms with Gasteiger partial charge in [0.2, 0.25) is 0 Å². The molecule has 3 aromatic carbocycles. The van der Waals surface area contributed by atoms with Gasteiger partial charge in [0, 0.05) is 18.2 Å². The molecule has 0 radical (unpaired) electrons. The maximum absolute atomic E-state index is 12.3. The summed E-state index contributed by atoms with van der Waals surface area (Å²) in [6.07, 6.45) is 0.842. The molecule has 0 fully saturated rings. The van der Waals surface area contributed by atoms with Crippen molar-refractivity contribution < 1.29 is 4.79 Å². The molecule has 0 aliphatic rings. The maximum atomic E-state index is 12.3. The predicted molar refractivity (Wildman–Crippen MR) is 112 cm³/mol. The number of hydrogen-bond acceptors (Lipinski definition) is 1. The van der Waals surface area contributed by atoms with Crippen molar-refractivity contribution in [2.24, 2.45) is 0 Å². The van der Waals surface area contributed by atoms with Gasteiger partial charge in [0.05, 0.1) is 0 Å². The molecular formula is C24H26N2O. The zero-order valence-corrected chi connectivity index (χ0v) is 15.9. The van der Waals surface area contributed by atoms with Crippen LogP contribution in [0.5, 0.6) is 0 Å². The first-order chi connectivity index (χ1) is 13.1. The molecule has 0 spiro atoms. The Morgan fingerprint density at radius 3 is 2.00 bits per heavy atom. The quantitative estimate of drug-likeness (QED) is 0.587. The van der Waals surface area contributed by atoms with Crippen molar-refractivity contribution in [1.82, 2.24) is 5.32 Å². The van der Waals surface area contributed by atoms with E-state index in [1.807, 2.05) is 44.2 Å². The highest BCUT2D eigenvalue weighted by Gasteiger charge is 2.14. The molecule has 0 heterocycles. The summed E-state index contributed by atoms with van der Waals surface area (Å²) in [6, 6.07) is 26.7. The number of benzene rings is 3. The minimum absolute atomic E-state index is 0.163. The fraction of sp³-hybridized carbons (Fsp3) is 0.208. The Morgan fingerprint density at radius 1 is 0.815 bits per heavy atom. The molecule has 0 unspecified atom stereocenters. The monoisotopic (exact) mass is 358 g/mol. The number of carbonyl (C=O) groups excluding carboxylic acids is 1. The standard InChI is InChI=1S/C24H26N2O/c1-18-10-9-15-23(19(18)2)26-24(27)25-17-16-22(20-11-5-3-6-12-20)21-13-7-4-8-14-21/h3-15,22H,16-17H2,1-2H3,(H2,25,26,27). The van der Waals surface area contributed by atoms with E-state index in [1.165, 1.54) is 16.7 Å². The molecule has 2 amide bonds. The lowest BCUT2D eigenvalue weighted by molar-refractivity contribution is 0.252. The van der Waals surface area contributed by atoms with E-state index in [0.717, 1.165) is 17.7 Å². The highest BCUT2D eigenvalue weighted by molar-refractivity contribution is 5.90. The van der Waals surface area contributed by atoms with E-state index >= 15 is 0 Å². The second-order valence-corrected chi connectivity index (χ2v) is 6.79. The fourth-order valence-electron chi connectivity index (χ4n) is 3.28. The molecule has 3 heteroatoms. The van der Waals surface area contributed by atoms with Crippen LogP contribution in [-0.2, 0) is 0 Å². The van der Waals surface area contributed by atoms with E-state index in [1.54, 1.807) is 0 Å². The van der Waals surface area contributed by atoms with E-state index in [4.69, 9.17) is 0 Å². The molecule has 3 rings (SSSR count). The number of rotatable bonds is 6. The van der Waals surface area contributed by atoms with Crippen LogP contribution < -0.4 is 10.6 Å². The van der Waals surface area contributed by atoms with E-state index < -0.39 is 0 Å². The van der Waals surface area contributed by atoms with Gasteiger partial charge < -0.3 is 10.6 Å². The van der Waals surface area contributed by atoms with Crippen molar-refractivity contribution in [1.29, 1.82) is 0 Å². The van der Waals surface area contributed by atoms with E-state index in [0.29, 0.717) is 6.54 Å². The lowest BCUT2D eigenvalue weighted by atomic mass is 9.88. The molecule has 0 aliphatic heterocycles. The predicted octanol–water partition coefficient (Wildman–Crippen LogP) is 5.65. The first kappa shape index (κ1) is 18.7. The summed E-state index contributed by atoms with van der Waals surface area (Å²) in [5.41, 5.74) is 5.65. The zero-order valence-electron chi connectivity index (χ0n) is 15.9. The average Bonchev–Trinajstić information content (AvgIpc) is 2.70. The topological polar surface area (TPSA) is 41.1 Å². The second-order valence-electron chi connectivity index (χ2n) is 6.79. The largest absolute Gasteiger partial charge is 0.338 e. The summed E-state index contributed by atoms with van der Waals surface area (Å²) in [6.45, 7) is 4.67. The Labute approximate surface area is 161 Å². The van der Waals surface area contributed by atoms with Gasteiger partial charge in [0.15, 0.2) is 0 Å². The number of nitrogens with one attached hydrogen (secondary N) is 2. The third-order valence-corrected chi connectivity index (χ3v) is 4.98. The molecule has 27 heavy (non-hydrogen) atoms. The highest BCUT2D eigenvalue weighted by Crippen LogP contribution is 2.27. The molecule has 0 bridgehead atoms. The number of anilines is 1. The fourth-order valence-corrected chi connectivity index (χ4v) is 3.28. The molecule has 0 saturated heterocycles. The van der Waals surface area contributed by atoms with E-state index in [2.05, 4.69) is 59.2 Å². The van der Waals surface area contributed by atoms with Gasteiger partial charge in [0.25, 0.3) is 0 Å². The van der Waals surface area contributed by atoms with Crippen LogP contribution in [0.3, 0.4) is 0 Å². The molecule has 0 atom stereocenters. The summed E-state index contributed by atoms with van der Waals surface area (Å²) in [7, 11) is 0. The van der Waals surface area contributed by atoms with Crippen molar-refractivity contribution in [3.63, 3.8) is 0 Å². The van der Waals surface area contributed by atoms with Crippen LogP contribution in [0.2, 0.25) is 0 Å². The van der Waals surface area contributed by atoms with Gasteiger partial charge in [-0.3, -0.25) is 0 Å². The molecule has 138 valence electrons. The Bertz CT molecular complexity index is 836. The van der Waals surface area contributed by atoms with Crippen LogP contribution in [0.25, 0.3) is 0 Å². The maximum Gasteiger partial charge on any atom is 0.319 e. The minimum Gasteiger partial charge on any atom is -0.338 e. The molecule has 0 aromatic heterocycles. The SMILES string of the molecule is Cc1cccc(NC(=O)NCCC(c2ccccc2)c2ccccc2)c1C. The molecule has 3 aromatic rings. The summed E-state index contributed by atoms with van der Waals surface area (Å²) >= 11 is 0. The number of amides is 2. The van der Waals surface area contributed by atoms with Crippen LogP contribution in [0.4, 0.5) is 10.5 Å². The van der Waals surface area contributed by atoms with Crippen molar-refractivity contribution in [2.45, 2.75) is 26.2 Å². The summed E-state index contributed by atoms with van der Waals surface area (Å²) in [5, 5.41) is 5.95. The van der Waals surface area contributed by atoms with Gasteiger partial charge in [-0.1, -0.05) is 72.8 Å². The smallest absolute Gasteiger partial charge is 0.319 e. The van der Waals surface area contributed by atoms with Crippen molar-refractivity contribution in [2.75, 3.05) is 11.9 Å². The van der Waals surface area contributed by atoms with Crippen LogP contribution >= 0.6 is 0 Å². The molecule has 0 aliphatic carbocycles. The summed E-state index contributed by atoms with van der Waals surface area (Å²) in [4.78, 5) is 12.3. The van der Waals surface area contributed by atoms with Gasteiger partial charge in [-0.15, -0.1) is 0 Å². The highest BCUT2D eigenvalue weighted by atomic mass is 16.2. The zero-order chi connectivity index (χ0) is 19.1. The minimum atomic E-state index is -0.163. The third kappa shape index (κ3) is 4.98. The molecule has 2 N–H and O–H groups in total. The van der Waals surface area contributed by atoms with Gasteiger partial charge in [-0.2, -0.15) is 0 Å². The lowest BCUT2D eigenvalue weighted by Gasteiger charge is -2.19. The number of carbonyl (C=O) groups is 1. The second kappa shape index (κ2) is 9.04. The van der Waals surface area contributed by atoms with Crippen LogP contribution in [0, 0.1) is 13.8 Å². The normalized spacial score (nSPS) is 10.6. The van der Waals surface area contributed by atoms with Crippen LogP contribution in [0.1, 0.15) is 34.6 Å². The van der Waals surface area contributed by atoms with Gasteiger partial charge >= 0.3 is 6.03 Å². The molecular weight excluding hydrogens is 332 g/mol. The number of urea groups is 1. The first-order valence-corrected chi connectivity index (χ1v) is 9.36. The Kier molecular flexibility index (Phi) is 6.26. The Balaban J connectivity index is 1.62. The average molecular weight is 358 g/mol. The van der Waals surface area contributed by atoms with Crippen molar-refractivity contribution in [3.05, 3.63) is 101 Å². The first-order valence-electron chi connectivity index (χ1n) is 9.36. The summed E-state index contributed by atoms with van der Waals surface area (Å²) in [5.74, 6) is 0.258. The molecule has 3 nitrogen and oxygen atoms in total. The number of hydrogen-bond donors (Lipinski definition) is 2. The van der Waals surface area contributed by atoms with E-state index in [-0.39, 0.29) is 11.9 Å².